The maximum absolute atomic E-state index is 13.5. The summed E-state index contributed by atoms with van der Waals surface area (Å²) in [5.74, 6) is -0.559. The highest BCUT2D eigenvalue weighted by atomic mass is 35.5. The van der Waals surface area contributed by atoms with Gasteiger partial charge in [-0.1, -0.05) is 37.0 Å². The minimum atomic E-state index is -0.559. The lowest BCUT2D eigenvalue weighted by molar-refractivity contribution is 0.234. The highest BCUT2D eigenvalue weighted by Gasteiger charge is 2.15. The molecule has 2 amide bonds. The van der Waals surface area contributed by atoms with Crippen LogP contribution in [0.25, 0.3) is 0 Å². The van der Waals surface area contributed by atoms with Gasteiger partial charge in [0, 0.05) is 18.1 Å². The highest BCUT2D eigenvalue weighted by Crippen LogP contribution is 2.28. The molecule has 0 aliphatic carbocycles. The van der Waals surface area contributed by atoms with Crippen LogP contribution in [0.2, 0.25) is 10.0 Å². The van der Waals surface area contributed by atoms with E-state index in [1.807, 2.05) is 0 Å². The second kappa shape index (κ2) is 9.18. The van der Waals surface area contributed by atoms with Crippen LogP contribution in [0.15, 0.2) is 12.1 Å². The number of nitrogens with zero attached hydrogens (tertiary/aromatic N) is 1. The van der Waals surface area contributed by atoms with E-state index >= 15 is 0 Å². The van der Waals surface area contributed by atoms with Crippen LogP contribution < -0.4 is 10.6 Å². The molecule has 7 heteroatoms. The molecule has 22 heavy (non-hydrogen) atoms. The first-order chi connectivity index (χ1) is 10.4. The predicted molar refractivity (Wildman–Crippen MR) is 89.2 cm³/mol. The average molecular weight is 350 g/mol. The maximum atomic E-state index is 13.5. The van der Waals surface area contributed by atoms with E-state index in [0.29, 0.717) is 17.1 Å². The quantitative estimate of drug-likeness (QED) is 0.734. The van der Waals surface area contributed by atoms with E-state index in [0.717, 1.165) is 19.6 Å². The molecule has 4 nitrogen and oxygen atoms in total. The molecule has 0 spiro atoms. The van der Waals surface area contributed by atoms with E-state index in [1.165, 1.54) is 12.1 Å². The number of carbonyl (C=O) groups excluding carboxylic acids is 1. The monoisotopic (exact) mass is 349 g/mol. The first kappa shape index (κ1) is 19.0. The van der Waals surface area contributed by atoms with Gasteiger partial charge in [0.25, 0.3) is 0 Å². The third-order valence-corrected chi connectivity index (χ3v) is 4.08. The van der Waals surface area contributed by atoms with E-state index in [-0.39, 0.29) is 11.1 Å². The minimum Gasteiger partial charge on any atom is -0.337 e. The summed E-state index contributed by atoms with van der Waals surface area (Å²) < 4.78 is 13.5. The normalized spacial score (nSPS) is 12.3. The van der Waals surface area contributed by atoms with Crippen LogP contribution in [-0.4, -0.2) is 37.1 Å². The van der Waals surface area contributed by atoms with Gasteiger partial charge in [-0.15, -0.1) is 0 Å². The van der Waals surface area contributed by atoms with E-state index in [1.54, 1.807) is 6.92 Å². The van der Waals surface area contributed by atoms with Gasteiger partial charge in [0.2, 0.25) is 0 Å². The standard InChI is InChI=1S/C15H22Cl2FN3O/c1-4-21(5-2)7-6-19-15(22)20-10(3)11-8-14(18)13(17)9-12(11)16/h8-10H,4-7H2,1-3H3,(H2,19,20,22). The topological polar surface area (TPSA) is 44.4 Å². The Balaban J connectivity index is 2.52. The van der Waals surface area contributed by atoms with Crippen molar-refractivity contribution >= 4 is 29.2 Å². The molecule has 0 aliphatic rings. The van der Waals surface area contributed by atoms with Crippen molar-refractivity contribution in [1.29, 1.82) is 0 Å². The fourth-order valence-electron chi connectivity index (χ4n) is 2.06. The number of hydrogen-bond acceptors (Lipinski definition) is 2. The van der Waals surface area contributed by atoms with Gasteiger partial charge >= 0.3 is 6.03 Å². The van der Waals surface area contributed by atoms with E-state index < -0.39 is 11.9 Å². The largest absolute Gasteiger partial charge is 0.337 e. The molecule has 0 bridgehead atoms. The number of amides is 2. The summed E-state index contributed by atoms with van der Waals surface area (Å²) >= 11 is 11.7. The first-order valence-electron chi connectivity index (χ1n) is 7.30. The third-order valence-electron chi connectivity index (χ3n) is 3.46. The Labute approximate surface area is 141 Å². The van der Waals surface area contributed by atoms with Gasteiger partial charge in [0.1, 0.15) is 5.82 Å². The summed E-state index contributed by atoms with van der Waals surface area (Å²) in [6, 6.07) is 1.84. The van der Waals surface area contributed by atoms with Crippen LogP contribution in [0.4, 0.5) is 9.18 Å². The van der Waals surface area contributed by atoms with Crippen LogP contribution in [0, 0.1) is 5.82 Å². The molecule has 0 aromatic heterocycles. The Morgan fingerprint density at radius 1 is 1.27 bits per heavy atom. The van der Waals surface area contributed by atoms with Crippen molar-refractivity contribution in [1.82, 2.24) is 15.5 Å². The van der Waals surface area contributed by atoms with Gasteiger partial charge in [-0.2, -0.15) is 0 Å². The van der Waals surface area contributed by atoms with Crippen molar-refractivity contribution in [2.24, 2.45) is 0 Å². The zero-order chi connectivity index (χ0) is 16.7. The van der Waals surface area contributed by atoms with Gasteiger partial charge in [-0.05, 0) is 37.7 Å². The summed E-state index contributed by atoms with van der Waals surface area (Å²) in [6.45, 7) is 9.09. The minimum absolute atomic E-state index is 0.0374. The highest BCUT2D eigenvalue weighted by molar-refractivity contribution is 6.35. The van der Waals surface area contributed by atoms with Crippen molar-refractivity contribution in [3.8, 4) is 0 Å². The van der Waals surface area contributed by atoms with E-state index in [2.05, 4.69) is 29.4 Å². The van der Waals surface area contributed by atoms with Gasteiger partial charge < -0.3 is 15.5 Å². The lowest BCUT2D eigenvalue weighted by atomic mass is 10.1. The van der Waals surface area contributed by atoms with Crippen molar-refractivity contribution in [3.63, 3.8) is 0 Å². The molecular weight excluding hydrogens is 328 g/mol. The Kier molecular flexibility index (Phi) is 7.93. The number of hydrogen-bond donors (Lipinski definition) is 2. The second-order valence-corrected chi connectivity index (χ2v) is 5.75. The number of carbonyl (C=O) groups is 1. The van der Waals surface area contributed by atoms with Crippen LogP contribution >= 0.6 is 23.2 Å². The SMILES string of the molecule is CCN(CC)CCNC(=O)NC(C)c1cc(F)c(Cl)cc1Cl. The second-order valence-electron chi connectivity index (χ2n) is 4.94. The number of halogens is 3. The molecular formula is C15H22Cl2FN3O. The summed E-state index contributed by atoms with van der Waals surface area (Å²) in [5, 5.41) is 5.79. The molecule has 0 aliphatic heterocycles. The maximum Gasteiger partial charge on any atom is 0.315 e. The average Bonchev–Trinajstić information content (AvgIpc) is 2.47. The van der Waals surface area contributed by atoms with Crippen LogP contribution in [-0.2, 0) is 0 Å². The van der Waals surface area contributed by atoms with Crippen molar-refractivity contribution in [2.75, 3.05) is 26.2 Å². The Morgan fingerprint density at radius 3 is 2.50 bits per heavy atom. The van der Waals surface area contributed by atoms with Crippen molar-refractivity contribution in [2.45, 2.75) is 26.8 Å². The molecule has 0 saturated heterocycles. The third kappa shape index (κ3) is 5.63. The Bertz CT molecular complexity index is 510. The molecule has 1 aromatic carbocycles. The molecule has 0 radical (unpaired) electrons. The number of likely N-dealkylation sites (N-methyl/N-ethyl adjacent to an activating group) is 1. The molecule has 0 saturated carbocycles. The molecule has 2 N–H and O–H groups in total. The number of rotatable bonds is 7. The molecule has 1 rings (SSSR count). The van der Waals surface area contributed by atoms with Crippen LogP contribution in [0.3, 0.4) is 0 Å². The fraction of sp³-hybridized carbons (Fsp3) is 0.533. The molecule has 1 atom stereocenters. The van der Waals surface area contributed by atoms with Crippen LogP contribution in [0.5, 0.6) is 0 Å². The summed E-state index contributed by atoms with van der Waals surface area (Å²) in [5.41, 5.74) is 0.488. The van der Waals surface area contributed by atoms with Gasteiger partial charge in [-0.25, -0.2) is 9.18 Å². The van der Waals surface area contributed by atoms with Gasteiger partial charge in [0.15, 0.2) is 0 Å². The van der Waals surface area contributed by atoms with Gasteiger partial charge in [0.05, 0.1) is 11.1 Å². The van der Waals surface area contributed by atoms with E-state index in [9.17, 15) is 9.18 Å². The molecule has 1 unspecified atom stereocenters. The molecule has 0 heterocycles. The zero-order valence-electron chi connectivity index (χ0n) is 13.0. The smallest absolute Gasteiger partial charge is 0.315 e. The van der Waals surface area contributed by atoms with Crippen molar-refractivity contribution in [3.05, 3.63) is 33.6 Å². The lowest BCUT2D eigenvalue weighted by Crippen LogP contribution is -2.41. The summed E-state index contributed by atoms with van der Waals surface area (Å²) in [7, 11) is 0. The van der Waals surface area contributed by atoms with Crippen molar-refractivity contribution < 1.29 is 9.18 Å². The van der Waals surface area contributed by atoms with Gasteiger partial charge in [-0.3, -0.25) is 0 Å². The lowest BCUT2D eigenvalue weighted by Gasteiger charge is -2.20. The first-order valence-corrected chi connectivity index (χ1v) is 8.05. The molecule has 124 valence electrons. The fourth-order valence-corrected chi connectivity index (χ4v) is 2.61. The molecule has 1 aromatic rings. The molecule has 0 fully saturated rings. The summed E-state index contributed by atoms with van der Waals surface area (Å²) in [6.07, 6.45) is 0. The number of urea groups is 1. The van der Waals surface area contributed by atoms with E-state index in [4.69, 9.17) is 23.2 Å². The Morgan fingerprint density at radius 2 is 1.91 bits per heavy atom. The number of benzene rings is 1. The zero-order valence-corrected chi connectivity index (χ0v) is 14.6. The summed E-state index contributed by atoms with van der Waals surface area (Å²) in [4.78, 5) is 14.0. The van der Waals surface area contributed by atoms with Crippen LogP contribution in [0.1, 0.15) is 32.4 Å². The number of nitrogens with one attached hydrogen (secondary N) is 2. The predicted octanol–water partition coefficient (Wildman–Crippen LogP) is 3.83. The Hall–Kier alpha value is -1.04.